The molecule has 0 aliphatic heterocycles. The van der Waals surface area contributed by atoms with Crippen molar-refractivity contribution >= 4 is 23.8 Å². The minimum Gasteiger partial charge on any atom is -0.469 e. The van der Waals surface area contributed by atoms with Crippen molar-refractivity contribution in [1.82, 2.24) is 10.6 Å². The average molecular weight is 358 g/mol. The van der Waals surface area contributed by atoms with Gasteiger partial charge in [0.25, 0.3) is 0 Å². The molecular weight excluding hydrogens is 328 g/mol. The molecule has 0 heterocycles. The molecule has 2 amide bonds. The van der Waals surface area contributed by atoms with Crippen LogP contribution in [0.15, 0.2) is 0 Å². The lowest BCUT2D eigenvalue weighted by molar-refractivity contribution is -0.158. The van der Waals surface area contributed by atoms with Crippen LogP contribution in [-0.4, -0.2) is 48.5 Å². The Morgan fingerprint density at radius 2 is 1.48 bits per heavy atom. The molecule has 144 valence electrons. The van der Waals surface area contributed by atoms with Crippen LogP contribution < -0.4 is 10.6 Å². The highest BCUT2D eigenvalue weighted by Crippen LogP contribution is 2.08. The minimum absolute atomic E-state index is 0.205. The Bertz CT molecular complexity index is 484. The number of carbonyl (C=O) groups is 4. The summed E-state index contributed by atoms with van der Waals surface area (Å²) >= 11 is 0. The monoisotopic (exact) mass is 358 g/mol. The summed E-state index contributed by atoms with van der Waals surface area (Å²) in [4.78, 5) is 46.6. The number of esters is 2. The van der Waals surface area contributed by atoms with Gasteiger partial charge in [-0.2, -0.15) is 0 Å². The fourth-order valence-corrected chi connectivity index (χ4v) is 1.82. The molecular formula is C17H30N2O6. The van der Waals surface area contributed by atoms with Gasteiger partial charge in [-0.3, -0.25) is 14.4 Å². The second-order valence-corrected chi connectivity index (χ2v) is 6.84. The third-order valence-corrected chi connectivity index (χ3v) is 3.15. The number of methoxy groups -OCH3 is 1. The molecule has 0 saturated carbocycles. The first-order valence-corrected chi connectivity index (χ1v) is 8.35. The molecule has 0 radical (unpaired) electrons. The van der Waals surface area contributed by atoms with E-state index < -0.39 is 29.6 Å². The lowest BCUT2D eigenvalue weighted by atomic mass is 10.1. The second kappa shape index (κ2) is 10.7. The topological polar surface area (TPSA) is 111 Å². The van der Waals surface area contributed by atoms with Gasteiger partial charge in [0.2, 0.25) is 11.8 Å². The maximum atomic E-state index is 12.0. The van der Waals surface area contributed by atoms with E-state index in [9.17, 15) is 19.2 Å². The smallest absolute Gasteiger partial charge is 0.328 e. The van der Waals surface area contributed by atoms with E-state index in [0.717, 1.165) is 0 Å². The number of hydrogen-bond donors (Lipinski definition) is 2. The van der Waals surface area contributed by atoms with Crippen LogP contribution in [0.5, 0.6) is 0 Å². The first kappa shape index (κ1) is 22.9. The zero-order valence-electron chi connectivity index (χ0n) is 15.9. The highest BCUT2D eigenvalue weighted by atomic mass is 16.6. The number of carbonyl (C=O) groups excluding carboxylic acids is 4. The number of ether oxygens (including phenoxy) is 2. The molecule has 0 aliphatic rings. The molecule has 0 aromatic carbocycles. The molecule has 0 aromatic rings. The third kappa shape index (κ3) is 11.1. The molecule has 8 nitrogen and oxygen atoms in total. The van der Waals surface area contributed by atoms with Crippen molar-refractivity contribution < 1.29 is 28.7 Å². The van der Waals surface area contributed by atoms with Crippen LogP contribution in [0.3, 0.4) is 0 Å². The van der Waals surface area contributed by atoms with Gasteiger partial charge in [0, 0.05) is 12.8 Å². The van der Waals surface area contributed by atoms with Crippen molar-refractivity contribution in [3.05, 3.63) is 0 Å². The highest BCUT2D eigenvalue weighted by Gasteiger charge is 2.25. The quantitative estimate of drug-likeness (QED) is 0.471. The summed E-state index contributed by atoms with van der Waals surface area (Å²) in [7, 11) is 1.31. The molecule has 25 heavy (non-hydrogen) atoms. The van der Waals surface area contributed by atoms with Crippen molar-refractivity contribution in [3.63, 3.8) is 0 Å². The number of amides is 2. The fourth-order valence-electron chi connectivity index (χ4n) is 1.82. The minimum atomic E-state index is -0.814. The summed E-state index contributed by atoms with van der Waals surface area (Å²) in [5.41, 5.74) is -0.639. The Balaban J connectivity index is 4.18. The predicted octanol–water partition coefficient (Wildman–Crippen LogP) is 1.07. The summed E-state index contributed by atoms with van der Waals surface area (Å²) in [5, 5.41) is 5.06. The summed E-state index contributed by atoms with van der Waals surface area (Å²) in [5.74, 6) is -1.62. The number of rotatable bonds is 9. The van der Waals surface area contributed by atoms with Crippen LogP contribution in [0.2, 0.25) is 0 Å². The molecule has 0 spiro atoms. The molecule has 2 atom stereocenters. The maximum absolute atomic E-state index is 12.0. The van der Waals surface area contributed by atoms with E-state index in [1.54, 1.807) is 20.8 Å². The van der Waals surface area contributed by atoms with Crippen molar-refractivity contribution in [3.8, 4) is 0 Å². The van der Waals surface area contributed by atoms with Gasteiger partial charge < -0.3 is 20.1 Å². The molecule has 2 N–H and O–H groups in total. The standard InChI is InChI=1S/C17H30N2O6/c1-11(18-13(20)9-7-8-10-14(21)24-6)15(22)19-12(2)16(23)25-17(3,4)5/h11-12H,7-10H2,1-6H3,(H,18,20)(H,19,22)/t11-,12+/m0/s1. The van der Waals surface area contributed by atoms with Gasteiger partial charge in [-0.25, -0.2) is 4.79 Å². The van der Waals surface area contributed by atoms with Gasteiger partial charge in [-0.1, -0.05) is 0 Å². The van der Waals surface area contributed by atoms with Crippen LogP contribution >= 0.6 is 0 Å². The van der Waals surface area contributed by atoms with E-state index in [0.29, 0.717) is 12.8 Å². The lowest BCUT2D eigenvalue weighted by Gasteiger charge is -2.23. The molecule has 0 bridgehead atoms. The van der Waals surface area contributed by atoms with Crippen LogP contribution in [0.4, 0.5) is 0 Å². The van der Waals surface area contributed by atoms with E-state index in [1.807, 2.05) is 0 Å². The lowest BCUT2D eigenvalue weighted by Crippen LogP contribution is -2.50. The zero-order chi connectivity index (χ0) is 19.6. The number of unbranched alkanes of at least 4 members (excludes halogenated alkanes) is 1. The SMILES string of the molecule is COC(=O)CCCCC(=O)N[C@@H](C)C(=O)N[C@H](C)C(=O)OC(C)(C)C. The van der Waals surface area contributed by atoms with E-state index >= 15 is 0 Å². The number of hydrogen-bond acceptors (Lipinski definition) is 6. The van der Waals surface area contributed by atoms with Gasteiger partial charge in [0.15, 0.2) is 0 Å². The summed E-state index contributed by atoms with van der Waals surface area (Å²) in [6, 6.07) is -1.59. The van der Waals surface area contributed by atoms with Gasteiger partial charge in [0.1, 0.15) is 17.7 Å². The molecule has 0 aliphatic carbocycles. The molecule has 0 unspecified atom stereocenters. The van der Waals surface area contributed by atoms with E-state index in [2.05, 4.69) is 15.4 Å². The first-order chi connectivity index (χ1) is 11.5. The molecule has 0 fully saturated rings. The van der Waals surface area contributed by atoms with Crippen LogP contribution in [0.25, 0.3) is 0 Å². The Kier molecular flexibility index (Phi) is 9.78. The zero-order valence-corrected chi connectivity index (χ0v) is 15.9. The normalized spacial score (nSPS) is 13.4. The third-order valence-electron chi connectivity index (χ3n) is 3.15. The average Bonchev–Trinajstić information content (AvgIpc) is 2.49. The molecule has 0 rings (SSSR count). The van der Waals surface area contributed by atoms with Crippen LogP contribution in [0.1, 0.15) is 60.3 Å². The Hall–Kier alpha value is -2.12. The van der Waals surface area contributed by atoms with Gasteiger partial charge in [-0.15, -0.1) is 0 Å². The Morgan fingerprint density at radius 3 is 2.00 bits per heavy atom. The van der Waals surface area contributed by atoms with Gasteiger partial charge in [-0.05, 0) is 47.5 Å². The van der Waals surface area contributed by atoms with Crippen molar-refractivity contribution in [2.45, 2.75) is 78.0 Å². The summed E-state index contributed by atoms with van der Waals surface area (Å²) < 4.78 is 9.69. The van der Waals surface area contributed by atoms with E-state index in [1.165, 1.54) is 21.0 Å². The largest absolute Gasteiger partial charge is 0.469 e. The molecule has 0 saturated heterocycles. The van der Waals surface area contributed by atoms with Gasteiger partial charge >= 0.3 is 11.9 Å². The van der Waals surface area contributed by atoms with E-state index in [4.69, 9.17) is 4.74 Å². The second-order valence-electron chi connectivity index (χ2n) is 6.84. The first-order valence-electron chi connectivity index (χ1n) is 8.35. The Labute approximate surface area is 149 Å². The Morgan fingerprint density at radius 1 is 0.920 bits per heavy atom. The van der Waals surface area contributed by atoms with Crippen LogP contribution in [0, 0.1) is 0 Å². The molecule has 8 heteroatoms. The highest BCUT2D eigenvalue weighted by molar-refractivity contribution is 5.90. The van der Waals surface area contributed by atoms with Crippen molar-refractivity contribution in [2.24, 2.45) is 0 Å². The fraction of sp³-hybridized carbons (Fsp3) is 0.765. The van der Waals surface area contributed by atoms with Crippen molar-refractivity contribution in [2.75, 3.05) is 7.11 Å². The summed E-state index contributed by atoms with van der Waals surface area (Å²) in [6.07, 6.45) is 1.52. The number of nitrogens with one attached hydrogen (secondary N) is 2. The maximum Gasteiger partial charge on any atom is 0.328 e. The van der Waals surface area contributed by atoms with Crippen LogP contribution in [-0.2, 0) is 28.7 Å². The van der Waals surface area contributed by atoms with E-state index in [-0.39, 0.29) is 24.7 Å². The molecule has 0 aromatic heterocycles. The predicted molar refractivity (Wildman–Crippen MR) is 91.5 cm³/mol. The summed E-state index contributed by atoms with van der Waals surface area (Å²) in [6.45, 7) is 8.27. The van der Waals surface area contributed by atoms with Crippen molar-refractivity contribution in [1.29, 1.82) is 0 Å². The van der Waals surface area contributed by atoms with Gasteiger partial charge in [0.05, 0.1) is 7.11 Å².